The molecule has 0 bridgehead atoms. The molecular formula is C26H27ClN6O2. The Bertz CT molecular complexity index is 1220. The number of imidazole rings is 1. The SMILES string of the molecule is CCN(C(C)=O)C1CN(c2cccc(Cl)c2)C(=O)CN1C(Cc1ccc(C#N)cc1)c1cnc[nH]1. The van der Waals surface area contributed by atoms with Crippen molar-refractivity contribution in [1.82, 2.24) is 19.8 Å². The van der Waals surface area contributed by atoms with E-state index < -0.39 is 0 Å². The first-order valence-corrected chi connectivity index (χ1v) is 11.8. The molecule has 2 amide bonds. The molecule has 1 aromatic heterocycles. The van der Waals surface area contributed by atoms with Gasteiger partial charge in [0.25, 0.3) is 0 Å². The van der Waals surface area contributed by atoms with Crippen molar-refractivity contribution in [1.29, 1.82) is 5.26 Å². The van der Waals surface area contributed by atoms with E-state index in [0.29, 0.717) is 35.8 Å². The van der Waals surface area contributed by atoms with Crippen molar-refractivity contribution < 1.29 is 9.59 Å². The van der Waals surface area contributed by atoms with E-state index in [2.05, 4.69) is 20.9 Å². The maximum Gasteiger partial charge on any atom is 0.241 e. The number of carbonyl (C=O) groups is 2. The summed E-state index contributed by atoms with van der Waals surface area (Å²) in [5.74, 6) is -0.142. The van der Waals surface area contributed by atoms with Crippen LogP contribution in [0.15, 0.2) is 61.1 Å². The fourth-order valence-corrected chi connectivity index (χ4v) is 4.83. The van der Waals surface area contributed by atoms with Crippen molar-refractivity contribution in [3.05, 3.63) is 82.9 Å². The van der Waals surface area contributed by atoms with Crippen LogP contribution in [0.3, 0.4) is 0 Å². The van der Waals surface area contributed by atoms with Crippen molar-refractivity contribution in [2.24, 2.45) is 0 Å². The van der Waals surface area contributed by atoms with Crippen LogP contribution in [0.4, 0.5) is 5.69 Å². The molecule has 1 aliphatic heterocycles. The number of piperazine rings is 1. The predicted octanol–water partition coefficient (Wildman–Crippen LogP) is 3.76. The van der Waals surface area contributed by atoms with E-state index in [0.717, 1.165) is 11.3 Å². The zero-order valence-corrected chi connectivity index (χ0v) is 20.4. The third-order valence-electron chi connectivity index (χ3n) is 6.36. The Hall–Kier alpha value is -3.67. The molecule has 4 rings (SSSR count). The molecule has 9 heteroatoms. The molecule has 1 saturated heterocycles. The van der Waals surface area contributed by atoms with Gasteiger partial charge in [0.15, 0.2) is 0 Å². The first-order chi connectivity index (χ1) is 16.9. The van der Waals surface area contributed by atoms with Gasteiger partial charge >= 0.3 is 0 Å². The third-order valence-corrected chi connectivity index (χ3v) is 6.60. The molecule has 0 saturated carbocycles. The van der Waals surface area contributed by atoms with Gasteiger partial charge in [-0.2, -0.15) is 5.26 Å². The van der Waals surface area contributed by atoms with E-state index in [4.69, 9.17) is 16.9 Å². The number of carbonyl (C=O) groups excluding carboxylic acids is 2. The van der Waals surface area contributed by atoms with Gasteiger partial charge in [-0.3, -0.25) is 14.5 Å². The summed E-state index contributed by atoms with van der Waals surface area (Å²) in [4.78, 5) is 39.0. The number of benzene rings is 2. The van der Waals surface area contributed by atoms with Gasteiger partial charge in [-0.1, -0.05) is 29.8 Å². The van der Waals surface area contributed by atoms with Crippen LogP contribution in [-0.4, -0.2) is 57.4 Å². The lowest BCUT2D eigenvalue weighted by molar-refractivity contribution is -0.141. The van der Waals surface area contributed by atoms with Crippen LogP contribution in [0.5, 0.6) is 0 Å². The number of anilines is 1. The lowest BCUT2D eigenvalue weighted by atomic mass is 9.99. The molecule has 1 aliphatic rings. The fourth-order valence-electron chi connectivity index (χ4n) is 4.64. The predicted molar refractivity (Wildman–Crippen MR) is 134 cm³/mol. The minimum atomic E-state index is -0.360. The summed E-state index contributed by atoms with van der Waals surface area (Å²) in [5.41, 5.74) is 3.15. The largest absolute Gasteiger partial charge is 0.347 e. The van der Waals surface area contributed by atoms with Gasteiger partial charge in [-0.05, 0) is 49.2 Å². The number of aromatic nitrogens is 2. The van der Waals surface area contributed by atoms with Crippen molar-refractivity contribution in [3.8, 4) is 6.07 Å². The van der Waals surface area contributed by atoms with Crippen molar-refractivity contribution in [3.63, 3.8) is 0 Å². The smallest absolute Gasteiger partial charge is 0.241 e. The highest BCUT2D eigenvalue weighted by molar-refractivity contribution is 6.30. The molecule has 0 spiro atoms. The quantitative estimate of drug-likeness (QED) is 0.544. The summed E-state index contributed by atoms with van der Waals surface area (Å²) in [5, 5.41) is 9.69. The molecule has 2 unspecified atom stereocenters. The molecule has 3 aromatic rings. The second-order valence-electron chi connectivity index (χ2n) is 8.48. The zero-order valence-electron chi connectivity index (χ0n) is 19.7. The minimum absolute atomic E-state index is 0.0652. The van der Waals surface area contributed by atoms with Crippen LogP contribution in [0.25, 0.3) is 0 Å². The molecule has 1 fully saturated rings. The lowest BCUT2D eigenvalue weighted by Crippen LogP contribution is -2.64. The topological polar surface area (TPSA) is 96.3 Å². The Morgan fingerprint density at radius 2 is 2.09 bits per heavy atom. The van der Waals surface area contributed by atoms with Gasteiger partial charge in [0.2, 0.25) is 11.8 Å². The Kier molecular flexibility index (Phi) is 7.49. The van der Waals surface area contributed by atoms with Crippen LogP contribution < -0.4 is 4.90 Å². The van der Waals surface area contributed by atoms with E-state index >= 15 is 0 Å². The summed E-state index contributed by atoms with van der Waals surface area (Å²) in [6, 6.07) is 16.5. The monoisotopic (exact) mass is 490 g/mol. The Labute approximate surface area is 209 Å². The van der Waals surface area contributed by atoms with Crippen LogP contribution >= 0.6 is 11.6 Å². The maximum atomic E-state index is 13.4. The third kappa shape index (κ3) is 5.37. The summed E-state index contributed by atoms with van der Waals surface area (Å²) in [6.07, 6.45) is 3.58. The number of hydrogen-bond acceptors (Lipinski definition) is 5. The Balaban J connectivity index is 1.73. The molecule has 0 aliphatic carbocycles. The summed E-state index contributed by atoms with van der Waals surface area (Å²) in [6.45, 7) is 4.41. The van der Waals surface area contributed by atoms with Gasteiger partial charge in [0.1, 0.15) is 6.17 Å². The first kappa shape index (κ1) is 24.5. The average Bonchev–Trinajstić information content (AvgIpc) is 3.38. The van der Waals surface area contributed by atoms with E-state index in [1.165, 1.54) is 0 Å². The number of nitrogens with one attached hydrogen (secondary N) is 1. The summed E-state index contributed by atoms with van der Waals surface area (Å²) < 4.78 is 0. The molecule has 0 radical (unpaired) electrons. The van der Waals surface area contributed by atoms with Gasteiger partial charge in [0, 0.05) is 30.4 Å². The molecule has 8 nitrogen and oxygen atoms in total. The van der Waals surface area contributed by atoms with E-state index in [1.807, 2.05) is 31.2 Å². The number of H-pyrrole nitrogens is 1. The number of amides is 2. The fraction of sp³-hybridized carbons (Fsp3) is 0.308. The molecule has 180 valence electrons. The summed E-state index contributed by atoms with van der Waals surface area (Å²) in [7, 11) is 0. The van der Waals surface area contributed by atoms with Crippen molar-refractivity contribution >= 4 is 29.1 Å². The van der Waals surface area contributed by atoms with Gasteiger partial charge in [-0.25, -0.2) is 4.98 Å². The molecule has 2 heterocycles. The van der Waals surface area contributed by atoms with Crippen molar-refractivity contribution in [2.75, 3.05) is 24.5 Å². The highest BCUT2D eigenvalue weighted by Crippen LogP contribution is 2.32. The normalized spacial score (nSPS) is 17.1. The standard InChI is InChI=1S/C26H27ClN6O2/c1-3-31(18(2)34)25-15-32(22-6-4-5-21(27)12-22)26(35)16-33(25)24(23-14-29-17-30-23)11-19-7-9-20(13-28)10-8-19/h4-10,12,14,17,24-25H,3,11,15-16H2,1-2H3,(H,29,30). The number of nitrogens with zero attached hydrogens (tertiary/aromatic N) is 5. The van der Waals surface area contributed by atoms with E-state index in [1.54, 1.807) is 53.5 Å². The first-order valence-electron chi connectivity index (χ1n) is 11.5. The number of halogens is 1. The maximum absolute atomic E-state index is 13.4. The Morgan fingerprint density at radius 3 is 2.69 bits per heavy atom. The number of aromatic amines is 1. The zero-order chi connectivity index (χ0) is 24.9. The number of likely N-dealkylation sites (N-methyl/N-ethyl adjacent to an activating group) is 1. The molecule has 35 heavy (non-hydrogen) atoms. The lowest BCUT2D eigenvalue weighted by Gasteiger charge is -2.48. The highest BCUT2D eigenvalue weighted by atomic mass is 35.5. The number of nitriles is 1. The molecule has 1 N–H and O–H groups in total. The second-order valence-corrected chi connectivity index (χ2v) is 8.91. The highest BCUT2D eigenvalue weighted by Gasteiger charge is 2.41. The average molecular weight is 491 g/mol. The number of rotatable bonds is 7. The molecule has 2 aromatic carbocycles. The van der Waals surface area contributed by atoms with Gasteiger partial charge in [0.05, 0.1) is 42.8 Å². The van der Waals surface area contributed by atoms with Crippen molar-refractivity contribution in [2.45, 2.75) is 32.5 Å². The molecular weight excluding hydrogens is 464 g/mol. The van der Waals surface area contributed by atoms with Gasteiger partial charge < -0.3 is 14.8 Å². The van der Waals surface area contributed by atoms with Crippen LogP contribution in [0, 0.1) is 11.3 Å². The minimum Gasteiger partial charge on any atom is -0.347 e. The Morgan fingerprint density at radius 1 is 1.31 bits per heavy atom. The van der Waals surface area contributed by atoms with E-state index in [9.17, 15) is 9.59 Å². The number of hydrogen-bond donors (Lipinski definition) is 1. The second kappa shape index (κ2) is 10.7. The molecule has 2 atom stereocenters. The van der Waals surface area contributed by atoms with E-state index in [-0.39, 0.29) is 30.6 Å². The van der Waals surface area contributed by atoms with Crippen LogP contribution in [0.2, 0.25) is 5.02 Å². The summed E-state index contributed by atoms with van der Waals surface area (Å²) >= 11 is 6.20. The van der Waals surface area contributed by atoms with Crippen LogP contribution in [-0.2, 0) is 16.0 Å². The van der Waals surface area contributed by atoms with Gasteiger partial charge in [-0.15, -0.1) is 0 Å². The van der Waals surface area contributed by atoms with Crippen LogP contribution in [0.1, 0.15) is 36.7 Å².